The normalized spacial score (nSPS) is 19.9. The van der Waals surface area contributed by atoms with E-state index >= 15 is 0 Å². The van der Waals surface area contributed by atoms with Crippen molar-refractivity contribution in [3.05, 3.63) is 53.6 Å². The summed E-state index contributed by atoms with van der Waals surface area (Å²) in [6, 6.07) is 8.31. The van der Waals surface area contributed by atoms with E-state index < -0.39 is 0 Å². The zero-order chi connectivity index (χ0) is 25.4. The molecule has 6 heteroatoms. The van der Waals surface area contributed by atoms with Crippen LogP contribution >= 0.6 is 0 Å². The minimum Gasteiger partial charge on any atom is -0.385 e. The van der Waals surface area contributed by atoms with Crippen molar-refractivity contribution in [3.63, 3.8) is 0 Å². The first-order chi connectivity index (χ1) is 16.5. The fourth-order valence-electron chi connectivity index (χ4n) is 5.56. The summed E-state index contributed by atoms with van der Waals surface area (Å²) in [6.07, 6.45) is 5.93. The van der Waals surface area contributed by atoms with Gasteiger partial charge >= 0.3 is 0 Å². The van der Waals surface area contributed by atoms with Gasteiger partial charge in [0.05, 0.1) is 22.6 Å². The minimum atomic E-state index is 0.114. The quantitative estimate of drug-likeness (QED) is 0.401. The Kier molecular flexibility index (Phi) is 7.03. The molecule has 0 saturated heterocycles. The van der Waals surface area contributed by atoms with Crippen molar-refractivity contribution in [1.82, 2.24) is 30.3 Å². The standard InChI is InChI=1S/C29H42N6/c1-9-13-22-21(10-2)31-25(27(32-22)35-24-15-12-11-14-23(24)33-34-35)20-16-17-29(7,8)26(20)30-19(3)18-28(4,5)6/h11-12,14-15,20,26,30H,3,9-10,13,16-18H2,1-2,4-8H3. The van der Waals surface area contributed by atoms with Crippen LogP contribution in [-0.4, -0.2) is 31.0 Å². The van der Waals surface area contributed by atoms with E-state index in [2.05, 4.69) is 76.7 Å². The molecule has 35 heavy (non-hydrogen) atoms. The Morgan fingerprint density at radius 2 is 1.89 bits per heavy atom. The molecule has 2 unspecified atom stereocenters. The highest BCUT2D eigenvalue weighted by molar-refractivity contribution is 5.75. The Morgan fingerprint density at radius 3 is 2.57 bits per heavy atom. The zero-order valence-electron chi connectivity index (χ0n) is 22.6. The summed E-state index contributed by atoms with van der Waals surface area (Å²) in [5.41, 5.74) is 6.45. The van der Waals surface area contributed by atoms with Gasteiger partial charge in [0.2, 0.25) is 0 Å². The molecule has 188 valence electrons. The van der Waals surface area contributed by atoms with Crippen LogP contribution in [0.15, 0.2) is 36.5 Å². The van der Waals surface area contributed by atoms with Crippen molar-refractivity contribution in [2.75, 3.05) is 0 Å². The van der Waals surface area contributed by atoms with Crippen molar-refractivity contribution in [3.8, 4) is 5.82 Å². The molecule has 1 fully saturated rings. The third-order valence-electron chi connectivity index (χ3n) is 7.23. The molecule has 2 aromatic heterocycles. The second-order valence-corrected chi connectivity index (χ2v) is 12.0. The summed E-state index contributed by atoms with van der Waals surface area (Å²) in [7, 11) is 0. The Balaban J connectivity index is 1.85. The predicted molar refractivity (Wildman–Crippen MR) is 144 cm³/mol. The highest BCUT2D eigenvalue weighted by Crippen LogP contribution is 2.47. The molecule has 0 radical (unpaired) electrons. The van der Waals surface area contributed by atoms with Gasteiger partial charge in [-0.25, -0.2) is 4.98 Å². The lowest BCUT2D eigenvalue weighted by atomic mass is 9.82. The number of hydrogen-bond donors (Lipinski definition) is 1. The van der Waals surface area contributed by atoms with Crippen LogP contribution in [0.1, 0.15) is 97.1 Å². The van der Waals surface area contributed by atoms with E-state index in [1.807, 2.05) is 22.9 Å². The summed E-state index contributed by atoms with van der Waals surface area (Å²) in [4.78, 5) is 10.6. The van der Waals surface area contributed by atoms with E-state index in [0.717, 1.165) is 78.2 Å². The Labute approximate surface area is 210 Å². The van der Waals surface area contributed by atoms with E-state index in [9.17, 15) is 0 Å². The number of para-hydroxylation sites is 1. The van der Waals surface area contributed by atoms with Crippen LogP contribution in [-0.2, 0) is 12.8 Å². The van der Waals surface area contributed by atoms with E-state index in [0.29, 0.717) is 0 Å². The molecule has 1 aromatic carbocycles. The van der Waals surface area contributed by atoms with Gasteiger partial charge < -0.3 is 5.32 Å². The molecule has 2 atom stereocenters. The Hall–Kier alpha value is -2.76. The monoisotopic (exact) mass is 474 g/mol. The maximum Gasteiger partial charge on any atom is 0.178 e. The largest absolute Gasteiger partial charge is 0.385 e. The number of aryl methyl sites for hydroxylation is 2. The average molecular weight is 475 g/mol. The van der Waals surface area contributed by atoms with Crippen molar-refractivity contribution >= 4 is 11.0 Å². The zero-order valence-corrected chi connectivity index (χ0v) is 22.6. The summed E-state index contributed by atoms with van der Waals surface area (Å²) >= 11 is 0. The lowest BCUT2D eigenvalue weighted by Crippen LogP contribution is -2.41. The molecule has 1 aliphatic rings. The molecule has 3 aromatic rings. The SMILES string of the molecule is C=C(CC(C)(C)C)NC1C(c2nc(CC)c(CCC)nc2-n2nnc3ccccc32)CCC1(C)C. The van der Waals surface area contributed by atoms with Crippen molar-refractivity contribution in [2.24, 2.45) is 10.8 Å². The molecule has 0 amide bonds. The number of allylic oxidation sites excluding steroid dienone is 1. The van der Waals surface area contributed by atoms with Crippen molar-refractivity contribution in [2.45, 2.75) is 99.0 Å². The topological polar surface area (TPSA) is 68.5 Å². The number of aromatic nitrogens is 5. The molecule has 2 heterocycles. The van der Waals surface area contributed by atoms with Crippen molar-refractivity contribution < 1.29 is 0 Å². The van der Waals surface area contributed by atoms with E-state index in [1.54, 1.807) is 0 Å². The lowest BCUT2D eigenvalue weighted by molar-refractivity contribution is 0.275. The van der Waals surface area contributed by atoms with Gasteiger partial charge in [-0.2, -0.15) is 4.68 Å². The van der Waals surface area contributed by atoms with Crippen molar-refractivity contribution in [1.29, 1.82) is 0 Å². The van der Waals surface area contributed by atoms with Gasteiger partial charge in [0, 0.05) is 17.7 Å². The first-order valence-electron chi connectivity index (χ1n) is 13.2. The van der Waals surface area contributed by atoms with Gasteiger partial charge in [0.25, 0.3) is 0 Å². The first-order valence-corrected chi connectivity index (χ1v) is 13.2. The molecule has 1 saturated carbocycles. The van der Waals surface area contributed by atoms with E-state index in [1.165, 1.54) is 0 Å². The second kappa shape index (κ2) is 9.71. The highest BCUT2D eigenvalue weighted by atomic mass is 15.4. The third-order valence-corrected chi connectivity index (χ3v) is 7.23. The van der Waals surface area contributed by atoms with Crippen LogP contribution in [0.5, 0.6) is 0 Å². The van der Waals surface area contributed by atoms with Gasteiger partial charge in [-0.15, -0.1) is 5.10 Å². The molecular formula is C29H42N6. The van der Waals surface area contributed by atoms with Crippen LogP contribution in [0.3, 0.4) is 0 Å². The number of benzene rings is 1. The fourth-order valence-corrected chi connectivity index (χ4v) is 5.56. The summed E-state index contributed by atoms with van der Waals surface area (Å²) in [5.74, 6) is 1.04. The Bertz CT molecular complexity index is 1200. The van der Waals surface area contributed by atoms with Gasteiger partial charge in [-0.3, -0.25) is 4.98 Å². The molecule has 0 spiro atoms. The van der Waals surface area contributed by atoms with Gasteiger partial charge in [0.1, 0.15) is 5.52 Å². The van der Waals surface area contributed by atoms with Crippen LogP contribution < -0.4 is 5.32 Å². The minimum absolute atomic E-state index is 0.114. The molecular weight excluding hydrogens is 432 g/mol. The van der Waals surface area contributed by atoms with E-state index in [-0.39, 0.29) is 22.8 Å². The number of hydrogen-bond acceptors (Lipinski definition) is 5. The van der Waals surface area contributed by atoms with Crippen LogP contribution in [0.25, 0.3) is 16.9 Å². The van der Waals surface area contributed by atoms with Gasteiger partial charge in [-0.1, -0.05) is 78.8 Å². The molecule has 4 rings (SSSR count). The predicted octanol–water partition coefficient (Wildman–Crippen LogP) is 6.54. The summed E-state index contributed by atoms with van der Waals surface area (Å²) in [5, 5.41) is 12.8. The molecule has 6 nitrogen and oxygen atoms in total. The smallest absolute Gasteiger partial charge is 0.178 e. The number of nitrogens with zero attached hydrogens (tertiary/aromatic N) is 5. The summed E-state index contributed by atoms with van der Waals surface area (Å²) < 4.78 is 1.91. The number of nitrogens with one attached hydrogen (secondary N) is 1. The number of fused-ring (bicyclic) bond motifs is 1. The molecule has 0 bridgehead atoms. The number of rotatable bonds is 8. The van der Waals surface area contributed by atoms with Crippen LogP contribution in [0, 0.1) is 10.8 Å². The van der Waals surface area contributed by atoms with Gasteiger partial charge in [0.15, 0.2) is 5.82 Å². The maximum absolute atomic E-state index is 5.33. The fraction of sp³-hybridized carbons (Fsp3) is 0.586. The second-order valence-electron chi connectivity index (χ2n) is 12.0. The Morgan fingerprint density at radius 1 is 1.14 bits per heavy atom. The molecule has 0 aliphatic heterocycles. The highest BCUT2D eigenvalue weighted by Gasteiger charge is 2.45. The summed E-state index contributed by atoms with van der Waals surface area (Å²) in [6.45, 7) is 20.3. The third kappa shape index (κ3) is 5.26. The molecule has 1 N–H and O–H groups in total. The first kappa shape index (κ1) is 25.3. The van der Waals surface area contributed by atoms with Gasteiger partial charge in [-0.05, 0) is 55.1 Å². The lowest BCUT2D eigenvalue weighted by Gasteiger charge is -2.35. The van der Waals surface area contributed by atoms with Crippen LogP contribution in [0.2, 0.25) is 0 Å². The average Bonchev–Trinajstić information content (AvgIpc) is 3.33. The molecule has 1 aliphatic carbocycles. The van der Waals surface area contributed by atoms with Crippen LogP contribution in [0.4, 0.5) is 0 Å². The maximum atomic E-state index is 5.33. The van der Waals surface area contributed by atoms with E-state index in [4.69, 9.17) is 9.97 Å².